The molecule has 2 saturated heterocycles. The van der Waals surface area contributed by atoms with Crippen molar-refractivity contribution in [3.63, 3.8) is 0 Å². The molecule has 5 N–H and O–H groups in total. The van der Waals surface area contributed by atoms with Gasteiger partial charge < -0.3 is 16.2 Å². The lowest BCUT2D eigenvalue weighted by Gasteiger charge is -2.31. The van der Waals surface area contributed by atoms with Crippen LogP contribution in [-0.4, -0.2) is 46.8 Å². The van der Waals surface area contributed by atoms with Crippen molar-refractivity contribution in [2.24, 2.45) is 17.6 Å². The Bertz CT molecular complexity index is 1590. The number of carbonyl (C=O) groups is 5. The normalized spacial score (nSPS) is 23.0. The van der Waals surface area contributed by atoms with Gasteiger partial charge in [-0.3, -0.25) is 24.5 Å². The Balaban J connectivity index is 1.50. The highest BCUT2D eigenvalue weighted by Crippen LogP contribution is 2.51. The molecule has 43 heavy (non-hydrogen) atoms. The number of nitrogens with two attached hydrogens (primary N) is 1. The van der Waals surface area contributed by atoms with E-state index < -0.39 is 47.2 Å². The van der Waals surface area contributed by atoms with Crippen LogP contribution in [0.3, 0.4) is 0 Å². The Hall–Kier alpha value is -5.09. The fraction of sp³-hybridized carbons (Fsp3) is 0.242. The van der Waals surface area contributed by atoms with Crippen LogP contribution in [0.15, 0.2) is 78.9 Å². The molecule has 0 saturated carbocycles. The van der Waals surface area contributed by atoms with Gasteiger partial charge in [0.25, 0.3) is 0 Å². The quantitative estimate of drug-likeness (QED) is 0.123. The molecule has 4 unspecified atom stereocenters. The minimum atomic E-state index is -1.78. The molecule has 10 nitrogen and oxygen atoms in total. The summed E-state index contributed by atoms with van der Waals surface area (Å²) >= 11 is 0. The molecule has 4 atom stereocenters. The number of carboxylic acid groups (broad SMARTS) is 1. The van der Waals surface area contributed by atoms with E-state index in [4.69, 9.17) is 5.73 Å². The zero-order valence-corrected chi connectivity index (χ0v) is 23.5. The van der Waals surface area contributed by atoms with Gasteiger partial charge in [0.1, 0.15) is 5.54 Å². The summed E-state index contributed by atoms with van der Waals surface area (Å²) < 4.78 is 0. The molecule has 5 rings (SSSR count). The number of carboxylic acids is 1. The summed E-state index contributed by atoms with van der Waals surface area (Å²) in [6.45, 7) is 1.52. The molecule has 4 amide bonds. The van der Waals surface area contributed by atoms with E-state index in [0.29, 0.717) is 11.1 Å². The Morgan fingerprint density at radius 3 is 2.14 bits per heavy atom. The Morgan fingerprint density at radius 1 is 0.930 bits per heavy atom. The average Bonchev–Trinajstić information content (AvgIpc) is 3.48. The summed E-state index contributed by atoms with van der Waals surface area (Å²) in [4.78, 5) is 64.9. The van der Waals surface area contributed by atoms with Gasteiger partial charge in [0.05, 0.1) is 17.5 Å². The van der Waals surface area contributed by atoms with Gasteiger partial charge in [0.15, 0.2) is 5.78 Å². The molecule has 220 valence electrons. The molecule has 0 aromatic heterocycles. The number of anilines is 1. The monoisotopic (exact) mass is 580 g/mol. The molecule has 0 aliphatic carbocycles. The number of hydrogen-bond donors (Lipinski definition) is 4. The fourth-order valence-electron chi connectivity index (χ4n) is 6.07. The van der Waals surface area contributed by atoms with Crippen LogP contribution in [0.2, 0.25) is 0 Å². The van der Waals surface area contributed by atoms with Gasteiger partial charge in [-0.05, 0) is 60.7 Å². The van der Waals surface area contributed by atoms with Crippen LogP contribution in [0, 0.1) is 11.8 Å². The summed E-state index contributed by atoms with van der Waals surface area (Å²) in [6.07, 6.45) is 4.10. The van der Waals surface area contributed by atoms with E-state index in [1.165, 1.54) is 31.2 Å². The number of nitrogens with one attached hydrogen (secondary N) is 2. The Kier molecular flexibility index (Phi) is 8.22. The van der Waals surface area contributed by atoms with Crippen LogP contribution in [0.25, 0.3) is 12.2 Å². The van der Waals surface area contributed by atoms with E-state index in [9.17, 15) is 29.1 Å². The van der Waals surface area contributed by atoms with E-state index in [0.717, 1.165) is 16.0 Å². The summed E-state index contributed by atoms with van der Waals surface area (Å²) in [5, 5.41) is 16.2. The SMILES string of the molecule is CC(=O)c1ccc(N2C(=O)C3C(c4ccc(C=Cc5ccccc5)cc4)NC(CCCNC(N)=O)(C(=O)O)C3C2=O)cc1. The van der Waals surface area contributed by atoms with Crippen molar-refractivity contribution in [2.75, 3.05) is 11.4 Å². The number of Topliss-reactive ketones (excluding diaryl/α,β-unsaturated/α-hetero) is 1. The molecule has 2 aliphatic rings. The Morgan fingerprint density at radius 2 is 1.56 bits per heavy atom. The van der Waals surface area contributed by atoms with Crippen LogP contribution >= 0.6 is 0 Å². The fourth-order valence-corrected chi connectivity index (χ4v) is 6.07. The smallest absolute Gasteiger partial charge is 0.324 e. The maximum Gasteiger partial charge on any atom is 0.324 e. The zero-order chi connectivity index (χ0) is 30.7. The van der Waals surface area contributed by atoms with Crippen LogP contribution < -0.4 is 21.3 Å². The first-order chi connectivity index (χ1) is 20.6. The van der Waals surface area contributed by atoms with Crippen LogP contribution in [0.4, 0.5) is 10.5 Å². The number of benzene rings is 3. The number of carbonyl (C=O) groups excluding carboxylic acids is 4. The van der Waals surface area contributed by atoms with Crippen molar-refractivity contribution in [1.82, 2.24) is 10.6 Å². The number of ketones is 1. The maximum atomic E-state index is 14.0. The van der Waals surface area contributed by atoms with Crippen molar-refractivity contribution in [3.05, 3.63) is 101 Å². The second kappa shape index (κ2) is 12.0. The lowest BCUT2D eigenvalue weighted by molar-refractivity contribution is -0.149. The second-order valence-electron chi connectivity index (χ2n) is 10.8. The number of aliphatic carboxylic acids is 1. The van der Waals surface area contributed by atoms with Gasteiger partial charge >= 0.3 is 12.0 Å². The van der Waals surface area contributed by atoms with Crippen molar-refractivity contribution in [1.29, 1.82) is 0 Å². The minimum absolute atomic E-state index is 0.0334. The number of nitrogens with zero attached hydrogens (tertiary/aromatic N) is 1. The molecule has 3 aromatic rings. The third kappa shape index (κ3) is 5.69. The number of fused-ring (bicyclic) bond motifs is 1. The maximum absolute atomic E-state index is 14.0. The molecule has 0 bridgehead atoms. The number of hydrogen-bond acceptors (Lipinski definition) is 6. The van der Waals surface area contributed by atoms with E-state index in [2.05, 4.69) is 10.6 Å². The highest BCUT2D eigenvalue weighted by molar-refractivity contribution is 6.24. The predicted molar refractivity (Wildman–Crippen MR) is 161 cm³/mol. The van der Waals surface area contributed by atoms with Crippen LogP contribution in [-0.2, 0) is 14.4 Å². The molecule has 10 heteroatoms. The summed E-state index contributed by atoms with van der Waals surface area (Å²) in [5.74, 6) is -4.78. The van der Waals surface area contributed by atoms with Crippen molar-refractivity contribution < 1.29 is 29.1 Å². The van der Waals surface area contributed by atoms with E-state index in [1.807, 2.05) is 66.7 Å². The second-order valence-corrected chi connectivity index (χ2v) is 10.8. The summed E-state index contributed by atoms with van der Waals surface area (Å²) in [7, 11) is 0. The number of primary amides is 1. The largest absolute Gasteiger partial charge is 0.480 e. The summed E-state index contributed by atoms with van der Waals surface area (Å²) in [6, 6.07) is 21.8. The lowest BCUT2D eigenvalue weighted by Crippen LogP contribution is -2.56. The predicted octanol–water partition coefficient (Wildman–Crippen LogP) is 3.78. The first-order valence-electron chi connectivity index (χ1n) is 14.0. The summed E-state index contributed by atoms with van der Waals surface area (Å²) in [5.41, 5.74) is 6.69. The molecule has 2 aliphatic heterocycles. The van der Waals surface area contributed by atoms with E-state index in [1.54, 1.807) is 0 Å². The topological polar surface area (TPSA) is 159 Å². The van der Waals surface area contributed by atoms with Gasteiger partial charge in [0, 0.05) is 18.2 Å². The van der Waals surface area contributed by atoms with Crippen molar-refractivity contribution >= 4 is 47.4 Å². The van der Waals surface area contributed by atoms with Gasteiger partial charge in [-0.15, -0.1) is 0 Å². The van der Waals surface area contributed by atoms with Gasteiger partial charge in [-0.25, -0.2) is 9.69 Å². The molecule has 0 radical (unpaired) electrons. The van der Waals surface area contributed by atoms with Gasteiger partial charge in [-0.1, -0.05) is 66.7 Å². The number of imide groups is 1. The third-order valence-corrected chi connectivity index (χ3v) is 8.18. The van der Waals surface area contributed by atoms with Crippen molar-refractivity contribution in [2.45, 2.75) is 31.3 Å². The van der Waals surface area contributed by atoms with Crippen LogP contribution in [0.5, 0.6) is 0 Å². The molecule has 0 spiro atoms. The molecular weight excluding hydrogens is 548 g/mol. The third-order valence-electron chi connectivity index (χ3n) is 8.18. The van der Waals surface area contributed by atoms with Gasteiger partial charge in [0.2, 0.25) is 11.8 Å². The number of amides is 4. The number of urea groups is 1. The lowest BCUT2D eigenvalue weighted by atomic mass is 9.77. The first kappa shape index (κ1) is 29.4. The average molecular weight is 581 g/mol. The molecular formula is C33H32N4O6. The standard InChI is InChI=1S/C33H32N4O6/c1-20(38)23-14-16-25(17-15-23)37-29(39)26-27(30(37)40)33(31(41)42,18-5-19-35-32(34)43)36-28(26)24-12-10-22(11-13-24)9-8-21-6-3-2-4-7-21/h2-4,6-17,26-28,36H,5,18-19H2,1H3,(H,41,42)(H3,34,35,43). The van der Waals surface area contributed by atoms with Crippen molar-refractivity contribution in [3.8, 4) is 0 Å². The van der Waals surface area contributed by atoms with Gasteiger partial charge in [-0.2, -0.15) is 0 Å². The highest BCUT2D eigenvalue weighted by Gasteiger charge is 2.68. The zero-order valence-electron chi connectivity index (χ0n) is 23.5. The van der Waals surface area contributed by atoms with E-state index >= 15 is 0 Å². The molecule has 2 heterocycles. The Labute approximate surface area is 248 Å². The first-order valence-corrected chi connectivity index (χ1v) is 14.0. The molecule has 2 fully saturated rings. The minimum Gasteiger partial charge on any atom is -0.480 e. The highest BCUT2D eigenvalue weighted by atomic mass is 16.4. The van der Waals surface area contributed by atoms with Crippen LogP contribution in [0.1, 0.15) is 52.9 Å². The molecule has 3 aromatic carbocycles. The van der Waals surface area contributed by atoms with E-state index in [-0.39, 0.29) is 30.9 Å². The number of rotatable bonds is 10.